The van der Waals surface area contributed by atoms with E-state index in [1.807, 2.05) is 41.2 Å². The standard InChI is InChI=1S/C23H15BrFN3/c1-14-2-11-21-19(12-14)23-20(13-26-21)22(15-3-5-16(24)6-4-15)27-28(23)18-9-7-17(25)8-10-18/h2-13H,1H3. The summed E-state index contributed by atoms with van der Waals surface area (Å²) in [7, 11) is 0. The lowest BCUT2D eigenvalue weighted by atomic mass is 10.1. The smallest absolute Gasteiger partial charge is 0.123 e. The Balaban J connectivity index is 1.90. The summed E-state index contributed by atoms with van der Waals surface area (Å²) in [6.07, 6.45) is 1.87. The molecule has 2 heterocycles. The molecule has 0 aliphatic rings. The minimum absolute atomic E-state index is 0.268. The highest BCUT2D eigenvalue weighted by molar-refractivity contribution is 9.10. The van der Waals surface area contributed by atoms with E-state index in [4.69, 9.17) is 5.10 Å². The zero-order chi connectivity index (χ0) is 19.3. The SMILES string of the molecule is Cc1ccc2ncc3c(-c4ccc(Br)cc4)nn(-c4ccc(F)cc4)c3c2c1. The van der Waals surface area contributed by atoms with Crippen LogP contribution in [-0.4, -0.2) is 14.8 Å². The molecule has 0 unspecified atom stereocenters. The van der Waals surface area contributed by atoms with Gasteiger partial charge >= 0.3 is 0 Å². The molecule has 0 spiro atoms. The van der Waals surface area contributed by atoms with E-state index in [0.717, 1.165) is 48.8 Å². The molecule has 0 bridgehead atoms. The third-order valence-electron chi connectivity index (χ3n) is 4.85. The van der Waals surface area contributed by atoms with E-state index in [1.54, 1.807) is 12.1 Å². The minimum atomic E-state index is -0.268. The number of nitrogens with zero attached hydrogens (tertiary/aromatic N) is 3. The largest absolute Gasteiger partial charge is 0.255 e. The molecule has 5 rings (SSSR count). The normalized spacial score (nSPS) is 11.4. The second kappa shape index (κ2) is 6.53. The molecule has 0 aliphatic heterocycles. The molecule has 136 valence electrons. The van der Waals surface area contributed by atoms with Crippen molar-refractivity contribution in [3.05, 3.63) is 88.8 Å². The van der Waals surface area contributed by atoms with Gasteiger partial charge in [0.05, 0.1) is 16.7 Å². The number of hydrogen-bond donors (Lipinski definition) is 0. The van der Waals surface area contributed by atoms with E-state index in [-0.39, 0.29) is 5.82 Å². The summed E-state index contributed by atoms with van der Waals surface area (Å²) >= 11 is 3.48. The summed E-state index contributed by atoms with van der Waals surface area (Å²) in [5, 5.41) is 6.90. The maximum absolute atomic E-state index is 13.5. The topological polar surface area (TPSA) is 30.7 Å². The average Bonchev–Trinajstić information content (AvgIpc) is 3.09. The molecule has 0 amide bonds. The fraction of sp³-hybridized carbons (Fsp3) is 0.0435. The molecule has 0 fully saturated rings. The Hall–Kier alpha value is -3.05. The summed E-state index contributed by atoms with van der Waals surface area (Å²) in [6.45, 7) is 2.06. The van der Waals surface area contributed by atoms with Crippen molar-refractivity contribution in [2.24, 2.45) is 0 Å². The van der Waals surface area contributed by atoms with Crippen molar-refractivity contribution in [2.75, 3.05) is 0 Å². The zero-order valence-corrected chi connectivity index (χ0v) is 16.6. The molecule has 0 N–H and O–H groups in total. The van der Waals surface area contributed by atoms with Crippen molar-refractivity contribution in [3.8, 4) is 16.9 Å². The van der Waals surface area contributed by atoms with Crippen LogP contribution in [0.1, 0.15) is 5.56 Å². The first-order chi connectivity index (χ1) is 13.6. The number of pyridine rings is 1. The fourth-order valence-electron chi connectivity index (χ4n) is 3.49. The van der Waals surface area contributed by atoms with Gasteiger partial charge in [0.15, 0.2) is 0 Å². The van der Waals surface area contributed by atoms with Gasteiger partial charge in [-0.05, 0) is 55.5 Å². The molecular formula is C23H15BrFN3. The molecule has 0 radical (unpaired) electrons. The van der Waals surface area contributed by atoms with E-state index in [0.29, 0.717) is 0 Å². The van der Waals surface area contributed by atoms with Crippen LogP contribution in [0.3, 0.4) is 0 Å². The van der Waals surface area contributed by atoms with Crippen molar-refractivity contribution < 1.29 is 4.39 Å². The van der Waals surface area contributed by atoms with Gasteiger partial charge in [-0.1, -0.05) is 39.7 Å². The van der Waals surface area contributed by atoms with Gasteiger partial charge in [-0.3, -0.25) is 4.98 Å². The van der Waals surface area contributed by atoms with E-state index in [9.17, 15) is 4.39 Å². The lowest BCUT2D eigenvalue weighted by Crippen LogP contribution is -1.97. The number of fused-ring (bicyclic) bond motifs is 3. The van der Waals surface area contributed by atoms with Gasteiger partial charge < -0.3 is 0 Å². The Morgan fingerprint density at radius 3 is 2.39 bits per heavy atom. The highest BCUT2D eigenvalue weighted by Crippen LogP contribution is 2.34. The van der Waals surface area contributed by atoms with E-state index >= 15 is 0 Å². The summed E-state index contributed by atoms with van der Waals surface area (Å²) in [5.41, 5.74) is 5.69. The van der Waals surface area contributed by atoms with Gasteiger partial charge in [-0.15, -0.1) is 0 Å². The van der Waals surface area contributed by atoms with Crippen LogP contribution in [-0.2, 0) is 0 Å². The first-order valence-corrected chi connectivity index (χ1v) is 9.69. The number of benzene rings is 3. The quantitative estimate of drug-likeness (QED) is 0.321. The third kappa shape index (κ3) is 2.79. The van der Waals surface area contributed by atoms with Gasteiger partial charge in [0.2, 0.25) is 0 Å². The van der Waals surface area contributed by atoms with Gasteiger partial charge in [-0.2, -0.15) is 5.10 Å². The second-order valence-corrected chi connectivity index (χ2v) is 7.70. The van der Waals surface area contributed by atoms with Crippen molar-refractivity contribution in [1.82, 2.24) is 14.8 Å². The van der Waals surface area contributed by atoms with Crippen molar-refractivity contribution in [2.45, 2.75) is 6.92 Å². The zero-order valence-electron chi connectivity index (χ0n) is 15.0. The number of rotatable bonds is 2. The Morgan fingerprint density at radius 1 is 0.893 bits per heavy atom. The predicted octanol–water partition coefficient (Wildman–Crippen LogP) is 6.45. The van der Waals surface area contributed by atoms with Crippen LogP contribution in [0, 0.1) is 12.7 Å². The second-order valence-electron chi connectivity index (χ2n) is 6.78. The van der Waals surface area contributed by atoms with Crippen molar-refractivity contribution in [1.29, 1.82) is 0 Å². The van der Waals surface area contributed by atoms with Crippen LogP contribution < -0.4 is 0 Å². The molecule has 5 aromatic rings. The Kier molecular flexibility index (Phi) is 3.98. The van der Waals surface area contributed by atoms with Crippen LogP contribution in [0.2, 0.25) is 0 Å². The maximum Gasteiger partial charge on any atom is 0.123 e. The van der Waals surface area contributed by atoms with Crippen molar-refractivity contribution in [3.63, 3.8) is 0 Å². The number of aryl methyl sites for hydroxylation is 1. The average molecular weight is 432 g/mol. The Bertz CT molecular complexity index is 1320. The molecular weight excluding hydrogens is 417 g/mol. The Morgan fingerprint density at radius 2 is 1.64 bits per heavy atom. The number of halogens is 2. The first-order valence-electron chi connectivity index (χ1n) is 8.90. The summed E-state index contributed by atoms with van der Waals surface area (Å²) in [5.74, 6) is -0.268. The van der Waals surface area contributed by atoms with Gasteiger partial charge in [-0.25, -0.2) is 9.07 Å². The molecule has 28 heavy (non-hydrogen) atoms. The lowest BCUT2D eigenvalue weighted by molar-refractivity contribution is 0.627. The van der Waals surface area contributed by atoms with Crippen LogP contribution in [0.4, 0.5) is 4.39 Å². The van der Waals surface area contributed by atoms with Crippen LogP contribution in [0.5, 0.6) is 0 Å². The van der Waals surface area contributed by atoms with Gasteiger partial charge in [0.1, 0.15) is 11.5 Å². The molecule has 2 aromatic heterocycles. The van der Waals surface area contributed by atoms with E-state index in [1.165, 1.54) is 12.1 Å². The summed E-state index contributed by atoms with van der Waals surface area (Å²) in [4.78, 5) is 4.65. The van der Waals surface area contributed by atoms with Crippen LogP contribution in [0.15, 0.2) is 77.4 Å². The third-order valence-corrected chi connectivity index (χ3v) is 5.38. The summed E-state index contributed by atoms with van der Waals surface area (Å²) < 4.78 is 16.4. The molecule has 0 aliphatic carbocycles. The highest BCUT2D eigenvalue weighted by atomic mass is 79.9. The van der Waals surface area contributed by atoms with Crippen LogP contribution in [0.25, 0.3) is 38.8 Å². The molecule has 5 heteroatoms. The monoisotopic (exact) mass is 431 g/mol. The summed E-state index contributed by atoms with van der Waals surface area (Å²) in [6, 6.07) is 20.6. The van der Waals surface area contributed by atoms with E-state index in [2.05, 4.69) is 40.0 Å². The highest BCUT2D eigenvalue weighted by Gasteiger charge is 2.17. The first kappa shape index (κ1) is 17.1. The number of hydrogen-bond acceptors (Lipinski definition) is 2. The molecule has 0 atom stereocenters. The van der Waals surface area contributed by atoms with Gasteiger partial charge in [0.25, 0.3) is 0 Å². The van der Waals surface area contributed by atoms with Crippen LogP contribution >= 0.6 is 15.9 Å². The predicted molar refractivity (Wildman–Crippen MR) is 114 cm³/mol. The molecule has 3 aromatic carbocycles. The van der Waals surface area contributed by atoms with Gasteiger partial charge in [0, 0.05) is 27.0 Å². The van der Waals surface area contributed by atoms with E-state index < -0.39 is 0 Å². The fourth-order valence-corrected chi connectivity index (χ4v) is 3.75. The number of aromatic nitrogens is 3. The molecule has 0 saturated carbocycles. The lowest BCUT2D eigenvalue weighted by Gasteiger charge is -2.06. The maximum atomic E-state index is 13.5. The Labute approximate surface area is 169 Å². The molecule has 3 nitrogen and oxygen atoms in total. The van der Waals surface area contributed by atoms with Crippen molar-refractivity contribution >= 4 is 37.7 Å². The molecule has 0 saturated heterocycles. The minimum Gasteiger partial charge on any atom is -0.255 e.